The predicted molar refractivity (Wildman–Crippen MR) is 121 cm³/mol. The van der Waals surface area contributed by atoms with Gasteiger partial charge in [-0.2, -0.15) is 0 Å². The third kappa shape index (κ3) is 4.91. The van der Waals surface area contributed by atoms with Crippen LogP contribution in [-0.2, 0) is 6.54 Å². The molecule has 3 rings (SSSR count). The van der Waals surface area contributed by atoms with Crippen LogP contribution in [0.2, 0.25) is 0 Å². The zero-order chi connectivity index (χ0) is 21.1. The minimum atomic E-state index is 0.0897. The van der Waals surface area contributed by atoms with E-state index in [4.69, 9.17) is 0 Å². The standard InChI is InChI=1S/C18H20N2O.3C2H6/c1-5-19-13(3)12(2)18(21)20-14(4)16(11-17(19)20)15-9-7-6-8-10-15;3*1-2/h6-11H,5H2,1-4H3;3*1-2H3. The van der Waals surface area contributed by atoms with Crippen molar-refractivity contribution >= 4 is 5.65 Å². The van der Waals surface area contributed by atoms with E-state index < -0.39 is 0 Å². The Labute approximate surface area is 165 Å². The second kappa shape index (κ2) is 12.2. The number of fused-ring (bicyclic) bond motifs is 1. The summed E-state index contributed by atoms with van der Waals surface area (Å²) in [5.74, 6) is 0. The summed E-state index contributed by atoms with van der Waals surface area (Å²) in [7, 11) is 0. The van der Waals surface area contributed by atoms with Crippen LogP contribution in [0.15, 0.2) is 41.2 Å². The van der Waals surface area contributed by atoms with E-state index in [1.807, 2.05) is 84.9 Å². The molecule has 1 aromatic carbocycles. The van der Waals surface area contributed by atoms with Crippen molar-refractivity contribution in [1.29, 1.82) is 0 Å². The summed E-state index contributed by atoms with van der Waals surface area (Å²) in [5, 5.41) is 0. The molecule has 2 heterocycles. The Morgan fingerprint density at radius 3 is 1.81 bits per heavy atom. The number of benzene rings is 1. The zero-order valence-electron chi connectivity index (χ0n) is 19.0. The van der Waals surface area contributed by atoms with Crippen LogP contribution in [-0.4, -0.2) is 8.97 Å². The number of nitrogens with zero attached hydrogens (tertiary/aromatic N) is 2. The van der Waals surface area contributed by atoms with Crippen molar-refractivity contribution < 1.29 is 0 Å². The molecule has 0 fully saturated rings. The van der Waals surface area contributed by atoms with Gasteiger partial charge in [0.05, 0.1) is 0 Å². The lowest BCUT2D eigenvalue weighted by atomic mass is 10.1. The summed E-state index contributed by atoms with van der Waals surface area (Å²) in [6.45, 7) is 20.9. The highest BCUT2D eigenvalue weighted by molar-refractivity contribution is 5.72. The number of aromatic nitrogens is 2. The predicted octanol–water partition coefficient (Wildman–Crippen LogP) is 6.79. The molecule has 0 radical (unpaired) electrons. The second-order valence-electron chi connectivity index (χ2n) is 5.46. The molecule has 0 spiro atoms. The van der Waals surface area contributed by atoms with E-state index in [9.17, 15) is 4.79 Å². The summed E-state index contributed by atoms with van der Waals surface area (Å²) >= 11 is 0. The summed E-state index contributed by atoms with van der Waals surface area (Å²) in [5.41, 5.74) is 6.21. The molecule has 3 heteroatoms. The molecular formula is C24H38N2O. The second-order valence-corrected chi connectivity index (χ2v) is 5.46. The first kappa shape index (κ1) is 24.7. The van der Waals surface area contributed by atoms with Crippen LogP contribution in [0.1, 0.15) is 65.4 Å². The quantitative estimate of drug-likeness (QED) is 0.487. The molecule has 2 aromatic heterocycles. The summed E-state index contributed by atoms with van der Waals surface area (Å²) < 4.78 is 4.05. The molecule has 0 saturated heterocycles. The van der Waals surface area contributed by atoms with Crippen LogP contribution in [0, 0.1) is 20.8 Å². The van der Waals surface area contributed by atoms with Crippen LogP contribution < -0.4 is 5.56 Å². The summed E-state index contributed by atoms with van der Waals surface area (Å²) in [6, 6.07) is 12.4. The lowest BCUT2D eigenvalue weighted by molar-refractivity contribution is 0.719. The SMILES string of the molecule is CC.CC.CC.CCn1c(C)c(C)c(=O)n2c(C)c(-c3ccccc3)cc12. The van der Waals surface area contributed by atoms with E-state index in [-0.39, 0.29) is 5.56 Å². The molecule has 0 saturated carbocycles. The van der Waals surface area contributed by atoms with E-state index >= 15 is 0 Å². The largest absolute Gasteiger partial charge is 0.331 e. The lowest BCUT2D eigenvalue weighted by Gasteiger charge is -2.13. The number of aryl methyl sites for hydroxylation is 2. The summed E-state index contributed by atoms with van der Waals surface area (Å²) in [6.07, 6.45) is 0. The Hall–Kier alpha value is -2.29. The van der Waals surface area contributed by atoms with Crippen molar-refractivity contribution in [3.63, 3.8) is 0 Å². The van der Waals surface area contributed by atoms with Gasteiger partial charge in [0.15, 0.2) is 0 Å². The molecule has 0 atom stereocenters. The molecule has 0 bridgehead atoms. The fourth-order valence-corrected chi connectivity index (χ4v) is 3.05. The van der Waals surface area contributed by atoms with Crippen molar-refractivity contribution in [3.05, 3.63) is 63.7 Å². The topological polar surface area (TPSA) is 26.4 Å². The van der Waals surface area contributed by atoms with E-state index in [0.29, 0.717) is 0 Å². The van der Waals surface area contributed by atoms with Crippen molar-refractivity contribution in [2.24, 2.45) is 0 Å². The molecule has 3 aromatic rings. The number of hydrogen-bond acceptors (Lipinski definition) is 1. The smallest absolute Gasteiger partial charge is 0.261 e. The Kier molecular flexibility index (Phi) is 11.1. The van der Waals surface area contributed by atoms with Gasteiger partial charge in [-0.25, -0.2) is 0 Å². The molecule has 0 N–H and O–H groups in total. The molecule has 0 amide bonds. The van der Waals surface area contributed by atoms with Gasteiger partial charge in [-0.3, -0.25) is 9.20 Å². The molecule has 3 nitrogen and oxygen atoms in total. The monoisotopic (exact) mass is 370 g/mol. The van der Waals surface area contributed by atoms with Crippen LogP contribution in [0.25, 0.3) is 16.8 Å². The van der Waals surface area contributed by atoms with Crippen molar-refractivity contribution in [2.75, 3.05) is 0 Å². The zero-order valence-corrected chi connectivity index (χ0v) is 19.0. The lowest BCUT2D eigenvalue weighted by Crippen LogP contribution is -2.23. The van der Waals surface area contributed by atoms with Gasteiger partial charge in [-0.05, 0) is 39.3 Å². The van der Waals surface area contributed by atoms with E-state index in [1.165, 1.54) is 0 Å². The molecule has 0 unspecified atom stereocenters. The summed E-state index contributed by atoms with van der Waals surface area (Å²) in [4.78, 5) is 12.6. The number of hydrogen-bond donors (Lipinski definition) is 0. The highest BCUT2D eigenvalue weighted by atomic mass is 16.1. The van der Waals surface area contributed by atoms with Crippen LogP contribution in [0.3, 0.4) is 0 Å². The normalized spacial score (nSPS) is 9.41. The van der Waals surface area contributed by atoms with Crippen LogP contribution >= 0.6 is 0 Å². The van der Waals surface area contributed by atoms with Gasteiger partial charge < -0.3 is 4.57 Å². The maximum Gasteiger partial charge on any atom is 0.261 e. The molecule has 0 aliphatic heterocycles. The van der Waals surface area contributed by atoms with Crippen molar-refractivity contribution in [3.8, 4) is 11.1 Å². The first-order valence-corrected chi connectivity index (χ1v) is 10.3. The Balaban J connectivity index is 0.00000103. The fraction of sp³-hybridized carbons (Fsp3) is 0.458. The minimum absolute atomic E-state index is 0.0897. The number of rotatable bonds is 2. The molecule has 0 aliphatic carbocycles. The maximum absolute atomic E-state index is 12.6. The van der Waals surface area contributed by atoms with Gasteiger partial charge in [0.1, 0.15) is 5.65 Å². The van der Waals surface area contributed by atoms with Gasteiger partial charge in [0, 0.05) is 29.1 Å². The Morgan fingerprint density at radius 2 is 1.33 bits per heavy atom. The van der Waals surface area contributed by atoms with Crippen molar-refractivity contribution in [1.82, 2.24) is 8.97 Å². The fourth-order valence-electron chi connectivity index (χ4n) is 3.05. The van der Waals surface area contributed by atoms with Gasteiger partial charge in [0.25, 0.3) is 5.56 Å². The third-order valence-corrected chi connectivity index (χ3v) is 4.38. The average molecular weight is 371 g/mol. The van der Waals surface area contributed by atoms with Gasteiger partial charge in [-0.15, -0.1) is 0 Å². The average Bonchev–Trinajstić information content (AvgIpc) is 3.09. The van der Waals surface area contributed by atoms with Gasteiger partial charge in [-0.1, -0.05) is 71.9 Å². The molecular weight excluding hydrogens is 332 g/mol. The minimum Gasteiger partial charge on any atom is -0.331 e. The highest BCUT2D eigenvalue weighted by Gasteiger charge is 2.16. The first-order valence-electron chi connectivity index (χ1n) is 10.3. The highest BCUT2D eigenvalue weighted by Crippen LogP contribution is 2.27. The van der Waals surface area contributed by atoms with Crippen molar-refractivity contribution in [2.45, 2.75) is 75.8 Å². The Morgan fingerprint density at radius 1 is 0.815 bits per heavy atom. The maximum atomic E-state index is 12.6. The third-order valence-electron chi connectivity index (χ3n) is 4.38. The van der Waals surface area contributed by atoms with Gasteiger partial charge in [0.2, 0.25) is 0 Å². The van der Waals surface area contributed by atoms with Crippen LogP contribution in [0.4, 0.5) is 0 Å². The van der Waals surface area contributed by atoms with E-state index in [2.05, 4.69) is 29.7 Å². The van der Waals surface area contributed by atoms with E-state index in [1.54, 1.807) is 0 Å². The molecule has 150 valence electrons. The van der Waals surface area contributed by atoms with Gasteiger partial charge >= 0.3 is 0 Å². The van der Waals surface area contributed by atoms with E-state index in [0.717, 1.165) is 40.3 Å². The molecule has 0 aliphatic rings. The molecule has 27 heavy (non-hydrogen) atoms. The first-order chi connectivity index (χ1) is 13.1. The Bertz CT molecular complexity index is 871. The van der Waals surface area contributed by atoms with Crippen LogP contribution in [0.5, 0.6) is 0 Å².